The second kappa shape index (κ2) is 6.54. The molecule has 110 valence electrons. The molecular formula is C14H20BrN3O2. The van der Waals surface area contributed by atoms with Crippen LogP contribution in [0.2, 0.25) is 0 Å². The summed E-state index contributed by atoms with van der Waals surface area (Å²) < 4.78 is 6.27. The van der Waals surface area contributed by atoms with E-state index < -0.39 is 0 Å². The molecule has 1 amide bonds. The molecule has 5 nitrogen and oxygen atoms in total. The predicted molar refractivity (Wildman–Crippen MR) is 82.0 cm³/mol. The minimum Gasteiger partial charge on any atom is -0.379 e. The first-order valence-corrected chi connectivity index (χ1v) is 7.51. The van der Waals surface area contributed by atoms with Crippen molar-refractivity contribution < 1.29 is 9.53 Å². The van der Waals surface area contributed by atoms with Crippen LogP contribution in [0.1, 0.15) is 23.7 Å². The van der Waals surface area contributed by atoms with Gasteiger partial charge in [-0.2, -0.15) is 0 Å². The highest BCUT2D eigenvalue weighted by molar-refractivity contribution is 9.10. The largest absolute Gasteiger partial charge is 0.379 e. The third-order valence-electron chi connectivity index (χ3n) is 3.80. The first kappa shape index (κ1) is 15.3. The minimum absolute atomic E-state index is 0.00269. The van der Waals surface area contributed by atoms with Gasteiger partial charge in [0.1, 0.15) is 5.82 Å². The summed E-state index contributed by atoms with van der Waals surface area (Å²) in [5, 5.41) is 2.97. The molecule has 1 aromatic rings. The smallest absolute Gasteiger partial charge is 0.257 e. The Bertz CT molecular complexity index is 495. The number of methoxy groups -OCH3 is 1. The molecular weight excluding hydrogens is 322 g/mol. The van der Waals surface area contributed by atoms with Gasteiger partial charge >= 0.3 is 0 Å². The van der Waals surface area contributed by atoms with Crippen LogP contribution in [0.15, 0.2) is 16.7 Å². The first-order chi connectivity index (χ1) is 9.56. The summed E-state index contributed by atoms with van der Waals surface area (Å²) in [6, 6.07) is 1.81. The fourth-order valence-corrected chi connectivity index (χ4v) is 2.83. The lowest BCUT2D eigenvalue weighted by atomic mass is 9.95. The van der Waals surface area contributed by atoms with E-state index in [1.165, 1.54) is 0 Å². The van der Waals surface area contributed by atoms with Crippen LogP contribution in [0.4, 0.5) is 5.82 Å². The summed E-state index contributed by atoms with van der Waals surface area (Å²) in [6.07, 6.45) is 2.74. The standard InChI is InChI=1S/C14H20BrN3O2/c1-9-4-5-18(8-12(9)20-3)14(19)11-6-10(15)7-17-13(11)16-2/h6-7,9,12H,4-5,8H2,1-3H3,(H,16,17). The van der Waals surface area contributed by atoms with Crippen molar-refractivity contribution in [2.75, 3.05) is 32.6 Å². The molecule has 2 heterocycles. The average Bonchev–Trinajstić information content (AvgIpc) is 2.47. The molecule has 1 aliphatic heterocycles. The van der Waals surface area contributed by atoms with Gasteiger partial charge in [0.2, 0.25) is 0 Å². The number of nitrogens with zero attached hydrogens (tertiary/aromatic N) is 2. The van der Waals surface area contributed by atoms with Crippen molar-refractivity contribution in [1.82, 2.24) is 9.88 Å². The van der Waals surface area contributed by atoms with E-state index in [0.717, 1.165) is 17.4 Å². The Hall–Kier alpha value is -1.14. The first-order valence-electron chi connectivity index (χ1n) is 6.72. The van der Waals surface area contributed by atoms with Crippen LogP contribution in [0.5, 0.6) is 0 Å². The molecule has 0 spiro atoms. The Morgan fingerprint density at radius 3 is 3.00 bits per heavy atom. The second-order valence-electron chi connectivity index (χ2n) is 5.09. The lowest BCUT2D eigenvalue weighted by Crippen LogP contribution is -2.46. The molecule has 2 unspecified atom stereocenters. The SMILES string of the molecule is CNc1ncc(Br)cc1C(=O)N1CCC(C)C(OC)C1. The van der Waals surface area contributed by atoms with Gasteiger partial charge in [0, 0.05) is 37.9 Å². The van der Waals surface area contributed by atoms with E-state index in [-0.39, 0.29) is 12.0 Å². The van der Waals surface area contributed by atoms with Crippen molar-refractivity contribution in [3.63, 3.8) is 0 Å². The Balaban J connectivity index is 2.21. The summed E-state index contributed by atoms with van der Waals surface area (Å²) in [5.74, 6) is 1.08. The highest BCUT2D eigenvalue weighted by Gasteiger charge is 2.30. The third kappa shape index (κ3) is 3.12. The lowest BCUT2D eigenvalue weighted by molar-refractivity contribution is -0.00154. The highest BCUT2D eigenvalue weighted by atomic mass is 79.9. The van der Waals surface area contributed by atoms with E-state index in [9.17, 15) is 4.79 Å². The van der Waals surface area contributed by atoms with E-state index in [1.807, 2.05) is 4.90 Å². The van der Waals surface area contributed by atoms with Crippen molar-refractivity contribution in [2.24, 2.45) is 5.92 Å². The summed E-state index contributed by atoms with van der Waals surface area (Å²) in [5.41, 5.74) is 0.589. The van der Waals surface area contributed by atoms with Gasteiger partial charge in [0.25, 0.3) is 5.91 Å². The van der Waals surface area contributed by atoms with Gasteiger partial charge in [-0.1, -0.05) is 6.92 Å². The second-order valence-corrected chi connectivity index (χ2v) is 6.01. The zero-order valence-corrected chi connectivity index (χ0v) is 13.6. The van der Waals surface area contributed by atoms with Gasteiger partial charge in [-0.3, -0.25) is 4.79 Å². The number of carbonyl (C=O) groups is 1. The van der Waals surface area contributed by atoms with Crippen molar-refractivity contribution >= 4 is 27.7 Å². The van der Waals surface area contributed by atoms with Crippen LogP contribution in [-0.2, 0) is 4.74 Å². The zero-order valence-electron chi connectivity index (χ0n) is 12.0. The number of ether oxygens (including phenoxy) is 1. The van der Waals surface area contributed by atoms with E-state index in [2.05, 4.69) is 33.2 Å². The van der Waals surface area contributed by atoms with Gasteiger partial charge < -0.3 is 15.0 Å². The number of carbonyl (C=O) groups excluding carboxylic acids is 1. The molecule has 6 heteroatoms. The summed E-state index contributed by atoms with van der Waals surface area (Å²) in [7, 11) is 3.47. The fraction of sp³-hybridized carbons (Fsp3) is 0.571. The molecule has 0 aromatic carbocycles. The number of nitrogens with one attached hydrogen (secondary N) is 1. The molecule has 0 saturated carbocycles. The van der Waals surface area contributed by atoms with Crippen molar-refractivity contribution in [2.45, 2.75) is 19.4 Å². The van der Waals surface area contributed by atoms with Crippen LogP contribution in [-0.4, -0.2) is 49.1 Å². The molecule has 1 fully saturated rings. The van der Waals surface area contributed by atoms with Crippen LogP contribution in [0.3, 0.4) is 0 Å². The zero-order chi connectivity index (χ0) is 14.7. The third-order valence-corrected chi connectivity index (χ3v) is 4.23. The predicted octanol–water partition coefficient (Wildman–Crippen LogP) is 2.38. The number of rotatable bonds is 3. The quantitative estimate of drug-likeness (QED) is 0.916. The maximum atomic E-state index is 12.7. The van der Waals surface area contributed by atoms with Crippen molar-refractivity contribution in [3.8, 4) is 0 Å². The van der Waals surface area contributed by atoms with Gasteiger partial charge in [0.15, 0.2) is 0 Å². The molecule has 1 N–H and O–H groups in total. The van der Waals surface area contributed by atoms with Crippen LogP contribution >= 0.6 is 15.9 Å². The maximum Gasteiger partial charge on any atom is 0.257 e. The van der Waals surface area contributed by atoms with Gasteiger partial charge in [-0.25, -0.2) is 4.98 Å². The van der Waals surface area contributed by atoms with E-state index in [0.29, 0.717) is 23.8 Å². The monoisotopic (exact) mass is 341 g/mol. The molecule has 0 radical (unpaired) electrons. The Morgan fingerprint density at radius 1 is 1.60 bits per heavy atom. The summed E-state index contributed by atoms with van der Waals surface area (Å²) in [4.78, 5) is 18.7. The van der Waals surface area contributed by atoms with E-state index in [1.54, 1.807) is 26.4 Å². The number of hydrogen-bond acceptors (Lipinski definition) is 4. The van der Waals surface area contributed by atoms with Gasteiger partial charge in [-0.15, -0.1) is 0 Å². The molecule has 1 aliphatic rings. The van der Waals surface area contributed by atoms with Crippen molar-refractivity contribution in [3.05, 3.63) is 22.3 Å². The molecule has 20 heavy (non-hydrogen) atoms. The number of anilines is 1. The highest BCUT2D eigenvalue weighted by Crippen LogP contribution is 2.24. The number of halogens is 1. The van der Waals surface area contributed by atoms with Gasteiger partial charge in [-0.05, 0) is 34.3 Å². The van der Waals surface area contributed by atoms with Crippen molar-refractivity contribution in [1.29, 1.82) is 0 Å². The number of amides is 1. The van der Waals surface area contributed by atoms with E-state index in [4.69, 9.17) is 4.74 Å². The number of piperidine rings is 1. The average molecular weight is 342 g/mol. The Kier molecular flexibility index (Phi) is 4.99. The number of aromatic nitrogens is 1. The van der Waals surface area contributed by atoms with Crippen LogP contribution < -0.4 is 5.32 Å². The van der Waals surface area contributed by atoms with Crippen LogP contribution in [0.25, 0.3) is 0 Å². The van der Waals surface area contributed by atoms with E-state index >= 15 is 0 Å². The van der Waals surface area contributed by atoms with Gasteiger partial charge in [0.05, 0.1) is 11.7 Å². The van der Waals surface area contributed by atoms with Crippen LogP contribution in [0, 0.1) is 5.92 Å². The topological polar surface area (TPSA) is 54.5 Å². The molecule has 1 aromatic heterocycles. The summed E-state index contributed by atoms with van der Waals surface area (Å²) >= 11 is 3.37. The molecule has 0 bridgehead atoms. The number of likely N-dealkylation sites (tertiary alicyclic amines) is 1. The Morgan fingerprint density at radius 2 is 2.35 bits per heavy atom. The minimum atomic E-state index is -0.00269. The number of hydrogen-bond donors (Lipinski definition) is 1. The lowest BCUT2D eigenvalue weighted by Gasteiger charge is -2.36. The normalized spacial score (nSPS) is 22.7. The molecule has 1 saturated heterocycles. The fourth-order valence-electron chi connectivity index (χ4n) is 2.50. The molecule has 2 atom stereocenters. The molecule has 0 aliphatic carbocycles. The Labute approximate surface area is 127 Å². The molecule has 2 rings (SSSR count). The maximum absolute atomic E-state index is 12.7. The number of pyridine rings is 1. The summed E-state index contributed by atoms with van der Waals surface area (Å²) in [6.45, 7) is 3.55.